The van der Waals surface area contributed by atoms with Crippen molar-refractivity contribution >= 4 is 23.2 Å². The molecule has 1 aliphatic rings. The fraction of sp³-hybridized carbons (Fsp3) is 0.429. The van der Waals surface area contributed by atoms with Crippen LogP contribution in [0.25, 0.3) is 0 Å². The standard InChI is InChI=1S/C14H18FN3O2S/c15-10-5-7-12(8-6-10)20-9-13(19)17-18-14(21)16-11-3-1-2-4-11/h5-8,11H,1-4,9H2,(H,17,19)(H2,16,18,21). The Kier molecular flexibility index (Phi) is 5.74. The molecule has 1 fully saturated rings. The molecule has 0 bridgehead atoms. The van der Waals surface area contributed by atoms with Gasteiger partial charge in [0.25, 0.3) is 5.91 Å². The van der Waals surface area contributed by atoms with Crippen molar-refractivity contribution in [3.05, 3.63) is 30.1 Å². The highest BCUT2D eigenvalue weighted by Gasteiger charge is 2.15. The summed E-state index contributed by atoms with van der Waals surface area (Å²) in [6, 6.07) is 5.85. The van der Waals surface area contributed by atoms with Gasteiger partial charge in [0.15, 0.2) is 11.7 Å². The van der Waals surface area contributed by atoms with Gasteiger partial charge in [-0.05, 0) is 49.3 Å². The fourth-order valence-corrected chi connectivity index (χ4v) is 2.35. The summed E-state index contributed by atoms with van der Waals surface area (Å²) in [5.74, 6) is -0.287. The molecule has 0 aliphatic heterocycles. The van der Waals surface area contributed by atoms with E-state index in [1.807, 2.05) is 0 Å². The minimum absolute atomic E-state index is 0.176. The van der Waals surface area contributed by atoms with E-state index in [1.54, 1.807) is 0 Å². The minimum Gasteiger partial charge on any atom is -0.484 e. The third-order valence-corrected chi connectivity index (χ3v) is 3.41. The molecule has 3 N–H and O–H groups in total. The first-order valence-corrected chi connectivity index (χ1v) is 7.28. The Balaban J connectivity index is 1.62. The average Bonchev–Trinajstić information content (AvgIpc) is 2.97. The molecule has 1 aromatic carbocycles. The molecule has 7 heteroatoms. The monoisotopic (exact) mass is 311 g/mol. The van der Waals surface area contributed by atoms with Gasteiger partial charge in [0.05, 0.1) is 0 Å². The summed E-state index contributed by atoms with van der Waals surface area (Å²) < 4.78 is 17.9. The van der Waals surface area contributed by atoms with Crippen LogP contribution in [-0.2, 0) is 4.79 Å². The Bertz CT molecular complexity index is 489. The van der Waals surface area contributed by atoms with E-state index in [9.17, 15) is 9.18 Å². The molecule has 1 aromatic rings. The van der Waals surface area contributed by atoms with Crippen molar-refractivity contribution in [1.29, 1.82) is 0 Å². The molecule has 0 atom stereocenters. The van der Waals surface area contributed by atoms with Crippen LogP contribution in [0.15, 0.2) is 24.3 Å². The number of nitrogens with one attached hydrogen (secondary N) is 3. The second kappa shape index (κ2) is 7.78. The molecule has 2 rings (SSSR count). The van der Waals surface area contributed by atoms with Crippen molar-refractivity contribution < 1.29 is 13.9 Å². The van der Waals surface area contributed by atoms with Gasteiger partial charge in [-0.2, -0.15) is 0 Å². The van der Waals surface area contributed by atoms with Gasteiger partial charge in [0, 0.05) is 6.04 Å². The van der Waals surface area contributed by atoms with Gasteiger partial charge in [-0.3, -0.25) is 15.6 Å². The SMILES string of the molecule is O=C(COc1ccc(F)cc1)NNC(=S)NC1CCCC1. The maximum atomic E-state index is 12.7. The van der Waals surface area contributed by atoms with Crippen LogP contribution in [0.5, 0.6) is 5.75 Å². The second-order valence-corrected chi connectivity index (χ2v) is 5.28. The Morgan fingerprint density at radius 2 is 1.90 bits per heavy atom. The van der Waals surface area contributed by atoms with Crippen molar-refractivity contribution in [2.24, 2.45) is 0 Å². The van der Waals surface area contributed by atoms with Crippen LogP contribution in [0.1, 0.15) is 25.7 Å². The lowest BCUT2D eigenvalue weighted by molar-refractivity contribution is -0.123. The first-order valence-electron chi connectivity index (χ1n) is 6.87. The zero-order chi connectivity index (χ0) is 15.1. The van der Waals surface area contributed by atoms with Gasteiger partial charge in [-0.15, -0.1) is 0 Å². The maximum absolute atomic E-state index is 12.7. The number of carbonyl (C=O) groups is 1. The number of hydrazine groups is 1. The van der Waals surface area contributed by atoms with Gasteiger partial charge in [-0.25, -0.2) is 4.39 Å². The highest BCUT2D eigenvalue weighted by Crippen LogP contribution is 2.17. The topological polar surface area (TPSA) is 62.4 Å². The number of rotatable bonds is 4. The predicted octanol–water partition coefficient (Wildman–Crippen LogP) is 1.64. The highest BCUT2D eigenvalue weighted by molar-refractivity contribution is 7.80. The summed E-state index contributed by atoms with van der Waals surface area (Å²) >= 11 is 5.08. The summed E-state index contributed by atoms with van der Waals surface area (Å²) in [6.07, 6.45) is 4.61. The van der Waals surface area contributed by atoms with Crippen molar-refractivity contribution in [2.75, 3.05) is 6.61 Å². The molecule has 114 valence electrons. The Morgan fingerprint density at radius 1 is 1.24 bits per heavy atom. The Hall–Kier alpha value is -1.89. The lowest BCUT2D eigenvalue weighted by Crippen LogP contribution is -2.50. The molecule has 0 aromatic heterocycles. The van der Waals surface area contributed by atoms with Crippen LogP contribution in [0.3, 0.4) is 0 Å². The van der Waals surface area contributed by atoms with E-state index in [-0.39, 0.29) is 18.3 Å². The van der Waals surface area contributed by atoms with E-state index < -0.39 is 0 Å². The molecule has 0 spiro atoms. The van der Waals surface area contributed by atoms with Crippen LogP contribution in [0.2, 0.25) is 0 Å². The lowest BCUT2D eigenvalue weighted by atomic mass is 10.3. The molecule has 1 saturated carbocycles. The largest absolute Gasteiger partial charge is 0.484 e. The number of hydrogen-bond donors (Lipinski definition) is 3. The highest BCUT2D eigenvalue weighted by atomic mass is 32.1. The normalized spacial score (nSPS) is 14.5. The van der Waals surface area contributed by atoms with E-state index in [0.717, 1.165) is 12.8 Å². The van der Waals surface area contributed by atoms with E-state index in [1.165, 1.54) is 37.1 Å². The predicted molar refractivity (Wildman–Crippen MR) is 81.2 cm³/mol. The molecule has 5 nitrogen and oxygen atoms in total. The van der Waals surface area contributed by atoms with Crippen molar-refractivity contribution in [2.45, 2.75) is 31.7 Å². The number of ether oxygens (including phenoxy) is 1. The summed E-state index contributed by atoms with van der Waals surface area (Å²) in [6.45, 7) is -0.176. The molecule has 0 heterocycles. The van der Waals surface area contributed by atoms with Crippen LogP contribution >= 0.6 is 12.2 Å². The second-order valence-electron chi connectivity index (χ2n) is 4.87. The summed E-state index contributed by atoms with van der Waals surface area (Å²) in [4.78, 5) is 11.6. The van der Waals surface area contributed by atoms with Crippen LogP contribution in [-0.4, -0.2) is 23.7 Å². The van der Waals surface area contributed by atoms with Gasteiger partial charge in [0.1, 0.15) is 11.6 Å². The first kappa shape index (κ1) is 15.5. The van der Waals surface area contributed by atoms with Gasteiger partial charge < -0.3 is 10.1 Å². The molecular weight excluding hydrogens is 293 g/mol. The lowest BCUT2D eigenvalue weighted by Gasteiger charge is -2.16. The van der Waals surface area contributed by atoms with Gasteiger partial charge in [0.2, 0.25) is 0 Å². The Labute approximate surface area is 128 Å². The third-order valence-electron chi connectivity index (χ3n) is 3.19. The molecular formula is C14H18FN3O2S. The van der Waals surface area contributed by atoms with E-state index in [2.05, 4.69) is 16.2 Å². The fourth-order valence-electron chi connectivity index (χ4n) is 2.13. The van der Waals surface area contributed by atoms with Gasteiger partial charge in [-0.1, -0.05) is 12.8 Å². The van der Waals surface area contributed by atoms with Crippen LogP contribution < -0.4 is 20.9 Å². The summed E-state index contributed by atoms with van der Waals surface area (Å²) in [5.41, 5.74) is 5.08. The van der Waals surface area contributed by atoms with Crippen molar-refractivity contribution in [3.63, 3.8) is 0 Å². The molecule has 21 heavy (non-hydrogen) atoms. The summed E-state index contributed by atoms with van der Waals surface area (Å²) in [7, 11) is 0. The number of amides is 1. The maximum Gasteiger partial charge on any atom is 0.276 e. The van der Waals surface area contributed by atoms with Gasteiger partial charge >= 0.3 is 0 Å². The number of carbonyl (C=O) groups excluding carboxylic acids is 1. The average molecular weight is 311 g/mol. The molecule has 1 amide bonds. The van der Waals surface area contributed by atoms with E-state index in [4.69, 9.17) is 17.0 Å². The smallest absolute Gasteiger partial charge is 0.276 e. The first-order chi connectivity index (χ1) is 10.1. The number of benzene rings is 1. The zero-order valence-electron chi connectivity index (χ0n) is 11.5. The minimum atomic E-state index is -0.366. The number of thiocarbonyl (C=S) groups is 1. The van der Waals surface area contributed by atoms with E-state index in [0.29, 0.717) is 16.9 Å². The Morgan fingerprint density at radius 3 is 2.57 bits per heavy atom. The molecule has 0 unspecified atom stereocenters. The van der Waals surface area contributed by atoms with E-state index >= 15 is 0 Å². The quantitative estimate of drug-likeness (QED) is 0.583. The summed E-state index contributed by atoms with van der Waals surface area (Å²) in [5, 5.41) is 3.54. The van der Waals surface area contributed by atoms with Crippen LogP contribution in [0.4, 0.5) is 4.39 Å². The third kappa shape index (κ3) is 5.55. The zero-order valence-corrected chi connectivity index (χ0v) is 12.3. The number of hydrogen-bond acceptors (Lipinski definition) is 3. The molecule has 0 saturated heterocycles. The van der Waals surface area contributed by atoms with Crippen molar-refractivity contribution in [1.82, 2.24) is 16.2 Å². The molecule has 1 aliphatic carbocycles. The van der Waals surface area contributed by atoms with Crippen LogP contribution in [0, 0.1) is 5.82 Å². The van der Waals surface area contributed by atoms with Crippen molar-refractivity contribution in [3.8, 4) is 5.75 Å². The number of halogens is 1. The molecule has 0 radical (unpaired) electrons.